The predicted octanol–water partition coefficient (Wildman–Crippen LogP) is 2.25. The first-order valence-electron chi connectivity index (χ1n) is 5.47. The van der Waals surface area contributed by atoms with E-state index in [2.05, 4.69) is 5.73 Å². The zero-order valence-electron chi connectivity index (χ0n) is 10.4. The first-order valence-corrected chi connectivity index (χ1v) is 7.57. The van der Waals surface area contributed by atoms with Crippen molar-refractivity contribution in [3.8, 4) is 0 Å². The summed E-state index contributed by atoms with van der Waals surface area (Å²) < 4.78 is 11.3. The van der Waals surface area contributed by atoms with Gasteiger partial charge in [-0.1, -0.05) is 6.92 Å². The highest BCUT2D eigenvalue weighted by Crippen LogP contribution is 2.14. The van der Waals surface area contributed by atoms with E-state index < -0.39 is 14.5 Å². The quantitative estimate of drug-likeness (QED) is 0.424. The van der Waals surface area contributed by atoms with Crippen LogP contribution in [0, 0.1) is 0 Å². The van der Waals surface area contributed by atoms with Crippen LogP contribution >= 0.6 is 0 Å². The van der Waals surface area contributed by atoms with Gasteiger partial charge in [0.2, 0.25) is 0 Å². The van der Waals surface area contributed by atoms with E-state index in [1.807, 2.05) is 20.8 Å². The standard InChI is InChI=1S/C11H20O4Si/c1-5-14-16(7-3,15-6-2)9-8-10(4)11(12)13/h9H,5-7H2,1-4H3,(H,12,13). The second-order valence-electron chi connectivity index (χ2n) is 3.25. The van der Waals surface area contributed by atoms with Gasteiger partial charge < -0.3 is 14.0 Å². The number of carboxylic acids is 1. The molecule has 0 spiro atoms. The monoisotopic (exact) mass is 244 g/mol. The lowest BCUT2D eigenvalue weighted by molar-refractivity contribution is -0.132. The molecule has 0 rings (SSSR count). The molecule has 0 radical (unpaired) electrons. The molecule has 1 N–H and O–H groups in total. The molecule has 92 valence electrons. The van der Waals surface area contributed by atoms with Crippen molar-refractivity contribution < 1.29 is 18.8 Å². The van der Waals surface area contributed by atoms with Crippen LogP contribution in [0.5, 0.6) is 0 Å². The second kappa shape index (κ2) is 7.41. The number of carboxylic acid groups (broad SMARTS) is 1. The highest BCUT2D eigenvalue weighted by molar-refractivity contribution is 6.72. The van der Waals surface area contributed by atoms with Crippen LogP contribution in [0.2, 0.25) is 6.04 Å². The Morgan fingerprint density at radius 1 is 1.31 bits per heavy atom. The first kappa shape index (κ1) is 15.1. The second-order valence-corrected chi connectivity index (χ2v) is 6.45. The Bertz CT molecular complexity index is 286. The predicted molar refractivity (Wildman–Crippen MR) is 64.4 cm³/mol. The zero-order valence-corrected chi connectivity index (χ0v) is 11.4. The Morgan fingerprint density at radius 3 is 2.12 bits per heavy atom. The minimum Gasteiger partial charge on any atom is -0.477 e. The highest BCUT2D eigenvalue weighted by atomic mass is 28.4. The molecule has 0 unspecified atom stereocenters. The first-order chi connectivity index (χ1) is 7.51. The van der Waals surface area contributed by atoms with E-state index in [0.717, 1.165) is 6.04 Å². The maximum Gasteiger partial charge on any atom is 0.372 e. The summed E-state index contributed by atoms with van der Waals surface area (Å²) in [7, 11) is -2.40. The molecule has 0 saturated carbocycles. The fourth-order valence-corrected chi connectivity index (χ4v) is 3.48. The summed E-state index contributed by atoms with van der Waals surface area (Å²) in [6.07, 6.45) is 0. The number of hydrogen-bond acceptors (Lipinski definition) is 3. The van der Waals surface area contributed by atoms with Gasteiger partial charge in [-0.2, -0.15) is 0 Å². The molecule has 5 heteroatoms. The van der Waals surface area contributed by atoms with E-state index in [0.29, 0.717) is 13.2 Å². The van der Waals surface area contributed by atoms with E-state index in [-0.39, 0.29) is 5.57 Å². The summed E-state index contributed by atoms with van der Waals surface area (Å²) in [6, 6.07) is 0.745. The number of hydrogen-bond donors (Lipinski definition) is 1. The van der Waals surface area contributed by atoms with Crippen molar-refractivity contribution >= 4 is 14.5 Å². The summed E-state index contributed by atoms with van der Waals surface area (Å²) in [5.41, 5.74) is 4.60. The van der Waals surface area contributed by atoms with Crippen molar-refractivity contribution in [3.63, 3.8) is 0 Å². The molecule has 0 aliphatic heterocycles. The largest absolute Gasteiger partial charge is 0.477 e. The smallest absolute Gasteiger partial charge is 0.372 e. The van der Waals surface area contributed by atoms with Crippen LogP contribution in [0.4, 0.5) is 0 Å². The maximum absolute atomic E-state index is 10.6. The average Bonchev–Trinajstić information content (AvgIpc) is 2.25. The van der Waals surface area contributed by atoms with E-state index >= 15 is 0 Å². The minimum absolute atomic E-state index is 0.171. The van der Waals surface area contributed by atoms with Gasteiger partial charge in [-0.3, -0.25) is 0 Å². The van der Waals surface area contributed by atoms with Crippen LogP contribution in [-0.4, -0.2) is 32.9 Å². The summed E-state index contributed by atoms with van der Waals surface area (Å²) in [5, 5.41) is 8.73. The molecule has 0 aliphatic carbocycles. The lowest BCUT2D eigenvalue weighted by Crippen LogP contribution is -2.39. The van der Waals surface area contributed by atoms with Crippen LogP contribution < -0.4 is 0 Å². The average molecular weight is 244 g/mol. The van der Waals surface area contributed by atoms with Crippen LogP contribution in [0.15, 0.2) is 17.0 Å². The van der Waals surface area contributed by atoms with Gasteiger partial charge in [0.05, 0.1) is 5.57 Å². The van der Waals surface area contributed by atoms with E-state index in [1.54, 1.807) is 5.70 Å². The van der Waals surface area contributed by atoms with Crippen LogP contribution in [0.3, 0.4) is 0 Å². The summed E-state index contributed by atoms with van der Waals surface area (Å²) in [4.78, 5) is 10.6. The Kier molecular flexibility index (Phi) is 7.00. The molecule has 0 atom stereocenters. The van der Waals surface area contributed by atoms with Crippen molar-refractivity contribution in [1.29, 1.82) is 0 Å². The number of aliphatic carboxylic acids is 1. The van der Waals surface area contributed by atoms with Crippen LogP contribution in [0.1, 0.15) is 27.7 Å². The molecule has 0 aromatic carbocycles. The Labute approximate surface area is 97.8 Å². The Morgan fingerprint density at radius 2 is 1.81 bits per heavy atom. The third-order valence-corrected chi connectivity index (χ3v) is 5.22. The molecular formula is C11H20O4Si. The van der Waals surface area contributed by atoms with Gasteiger partial charge >= 0.3 is 14.5 Å². The van der Waals surface area contributed by atoms with Crippen molar-refractivity contribution in [2.24, 2.45) is 0 Å². The molecule has 0 heterocycles. The van der Waals surface area contributed by atoms with Crippen molar-refractivity contribution in [3.05, 3.63) is 17.0 Å². The van der Waals surface area contributed by atoms with Gasteiger partial charge in [0.1, 0.15) is 0 Å². The van der Waals surface area contributed by atoms with Gasteiger partial charge in [-0.05, 0) is 26.8 Å². The highest BCUT2D eigenvalue weighted by Gasteiger charge is 2.32. The van der Waals surface area contributed by atoms with Crippen molar-refractivity contribution in [2.45, 2.75) is 33.7 Å². The Balaban J connectivity index is 5.03. The van der Waals surface area contributed by atoms with Crippen molar-refractivity contribution in [1.82, 2.24) is 0 Å². The molecule has 0 aromatic heterocycles. The van der Waals surface area contributed by atoms with Crippen LogP contribution in [0.25, 0.3) is 0 Å². The van der Waals surface area contributed by atoms with Gasteiger partial charge in [-0.25, -0.2) is 4.79 Å². The Hall–Kier alpha value is -0.873. The van der Waals surface area contributed by atoms with Gasteiger partial charge in [-0.15, -0.1) is 5.73 Å². The number of carbonyl (C=O) groups is 1. The maximum atomic E-state index is 10.6. The van der Waals surface area contributed by atoms with E-state index in [4.69, 9.17) is 14.0 Å². The molecule has 0 aliphatic rings. The van der Waals surface area contributed by atoms with Crippen LogP contribution in [-0.2, 0) is 13.6 Å². The molecule has 0 bridgehead atoms. The fraction of sp³-hybridized carbons (Fsp3) is 0.636. The summed E-state index contributed by atoms with van der Waals surface area (Å²) in [5.74, 6) is -0.969. The van der Waals surface area contributed by atoms with E-state index in [9.17, 15) is 4.79 Å². The molecule has 4 nitrogen and oxygen atoms in total. The number of rotatable bonds is 7. The van der Waals surface area contributed by atoms with Gasteiger partial charge in [0.25, 0.3) is 0 Å². The zero-order chi connectivity index (χ0) is 12.6. The molecule has 0 amide bonds. The molecular weight excluding hydrogens is 224 g/mol. The summed E-state index contributed by atoms with van der Waals surface area (Å²) in [6.45, 7) is 8.40. The lowest BCUT2D eigenvalue weighted by atomic mass is 10.3. The third-order valence-electron chi connectivity index (χ3n) is 2.10. The summed E-state index contributed by atoms with van der Waals surface area (Å²) >= 11 is 0. The third kappa shape index (κ3) is 4.77. The molecule has 16 heavy (non-hydrogen) atoms. The topological polar surface area (TPSA) is 55.8 Å². The fourth-order valence-electron chi connectivity index (χ4n) is 1.20. The molecule has 0 aromatic rings. The molecule has 0 fully saturated rings. The molecule has 0 saturated heterocycles. The van der Waals surface area contributed by atoms with Gasteiger partial charge in [0, 0.05) is 18.9 Å². The lowest BCUT2D eigenvalue weighted by Gasteiger charge is -2.24. The van der Waals surface area contributed by atoms with E-state index in [1.165, 1.54) is 6.92 Å². The van der Waals surface area contributed by atoms with Crippen molar-refractivity contribution in [2.75, 3.05) is 13.2 Å². The van der Waals surface area contributed by atoms with Gasteiger partial charge in [0.15, 0.2) is 0 Å². The SMILES string of the molecule is CCO[Si](C=C=C(C)C(=O)O)(CC)OCC. The minimum atomic E-state index is -2.40. The normalized spacial score (nSPS) is 10.8.